The molecule has 2 heterocycles. The second kappa shape index (κ2) is 7.69. The molecular weight excluding hydrogens is 363 g/mol. The number of benzene rings is 1. The fourth-order valence-corrected chi connectivity index (χ4v) is 3.33. The first-order valence-electron chi connectivity index (χ1n) is 9.59. The van der Waals surface area contributed by atoms with Crippen LogP contribution in [-0.2, 0) is 22.4 Å². The van der Waals surface area contributed by atoms with Crippen molar-refractivity contribution in [2.24, 2.45) is 5.92 Å². The number of hydrogen-bond acceptors (Lipinski definition) is 5. The maximum absolute atomic E-state index is 13.2. The number of halogens is 1. The van der Waals surface area contributed by atoms with Crippen molar-refractivity contribution in [2.45, 2.75) is 31.6 Å². The van der Waals surface area contributed by atoms with Crippen LogP contribution in [0.2, 0.25) is 0 Å². The van der Waals surface area contributed by atoms with Crippen LogP contribution in [0.4, 0.5) is 4.39 Å². The minimum Gasteiger partial charge on any atom is -0.345 e. The van der Waals surface area contributed by atoms with E-state index < -0.39 is 0 Å². The monoisotopic (exact) mass is 386 g/mol. The third kappa shape index (κ3) is 4.21. The first-order chi connectivity index (χ1) is 13.5. The van der Waals surface area contributed by atoms with Crippen LogP contribution in [0.15, 0.2) is 28.8 Å². The zero-order chi connectivity index (χ0) is 19.7. The van der Waals surface area contributed by atoms with E-state index in [0.717, 1.165) is 12.8 Å². The summed E-state index contributed by atoms with van der Waals surface area (Å²) < 4.78 is 18.6. The lowest BCUT2D eigenvalue weighted by Crippen LogP contribution is -2.49. The zero-order valence-electron chi connectivity index (χ0n) is 15.8. The first-order valence-corrected chi connectivity index (χ1v) is 9.59. The van der Waals surface area contributed by atoms with Gasteiger partial charge in [0.1, 0.15) is 5.82 Å². The molecule has 2 aliphatic rings. The Labute approximate surface area is 162 Å². The second-order valence-corrected chi connectivity index (χ2v) is 7.64. The number of carbonyl (C=O) groups is 2. The number of likely N-dealkylation sites (N-methyl/N-ethyl adjacent to an activating group) is 1. The van der Waals surface area contributed by atoms with Gasteiger partial charge >= 0.3 is 0 Å². The molecule has 1 aromatic heterocycles. The summed E-state index contributed by atoms with van der Waals surface area (Å²) in [6.07, 6.45) is 2.71. The molecule has 0 N–H and O–H groups in total. The molecule has 0 unspecified atom stereocenters. The van der Waals surface area contributed by atoms with E-state index in [4.69, 9.17) is 4.52 Å². The molecule has 0 spiro atoms. The molecule has 0 bridgehead atoms. The van der Waals surface area contributed by atoms with E-state index in [2.05, 4.69) is 10.1 Å². The summed E-state index contributed by atoms with van der Waals surface area (Å²) in [5, 5.41) is 3.99. The Hall–Kier alpha value is -2.77. The SMILES string of the molecule is CN(CCc1noc(C2CN(C(=O)Cc3cccc(F)c3)C2)n1)C(=O)C1CC1. The summed E-state index contributed by atoms with van der Waals surface area (Å²) in [7, 11) is 1.80. The molecule has 148 valence electrons. The quantitative estimate of drug-likeness (QED) is 0.725. The number of hydrogen-bond donors (Lipinski definition) is 0. The molecule has 8 heteroatoms. The van der Waals surface area contributed by atoms with Crippen LogP contribution in [0.25, 0.3) is 0 Å². The van der Waals surface area contributed by atoms with Crippen molar-refractivity contribution < 1.29 is 18.5 Å². The minimum absolute atomic E-state index is 0.0311. The van der Waals surface area contributed by atoms with Crippen molar-refractivity contribution in [2.75, 3.05) is 26.7 Å². The summed E-state index contributed by atoms with van der Waals surface area (Å²) in [5.74, 6) is 1.16. The van der Waals surface area contributed by atoms with Gasteiger partial charge in [-0.05, 0) is 30.5 Å². The van der Waals surface area contributed by atoms with Crippen LogP contribution < -0.4 is 0 Å². The van der Waals surface area contributed by atoms with E-state index in [-0.39, 0.29) is 35.9 Å². The van der Waals surface area contributed by atoms with Crippen molar-refractivity contribution in [1.29, 1.82) is 0 Å². The lowest BCUT2D eigenvalue weighted by atomic mass is 9.99. The Bertz CT molecular complexity index is 874. The summed E-state index contributed by atoms with van der Waals surface area (Å²) >= 11 is 0. The van der Waals surface area contributed by atoms with Crippen molar-refractivity contribution in [3.05, 3.63) is 47.4 Å². The molecule has 28 heavy (non-hydrogen) atoms. The van der Waals surface area contributed by atoms with Gasteiger partial charge in [-0.15, -0.1) is 0 Å². The fraction of sp³-hybridized carbons (Fsp3) is 0.500. The normalized spacial score (nSPS) is 16.7. The van der Waals surface area contributed by atoms with Gasteiger partial charge in [-0.25, -0.2) is 4.39 Å². The number of nitrogens with zero attached hydrogens (tertiary/aromatic N) is 4. The molecule has 1 aromatic carbocycles. The van der Waals surface area contributed by atoms with E-state index in [0.29, 0.717) is 43.3 Å². The van der Waals surface area contributed by atoms with Crippen LogP contribution in [0.5, 0.6) is 0 Å². The molecule has 4 rings (SSSR count). The van der Waals surface area contributed by atoms with Gasteiger partial charge in [0, 0.05) is 39.0 Å². The third-order valence-electron chi connectivity index (χ3n) is 5.29. The lowest BCUT2D eigenvalue weighted by Gasteiger charge is -2.37. The highest BCUT2D eigenvalue weighted by molar-refractivity contribution is 5.80. The van der Waals surface area contributed by atoms with Gasteiger partial charge in [0.05, 0.1) is 12.3 Å². The van der Waals surface area contributed by atoms with Gasteiger partial charge in [-0.3, -0.25) is 9.59 Å². The zero-order valence-corrected chi connectivity index (χ0v) is 15.8. The maximum atomic E-state index is 13.2. The number of aromatic nitrogens is 2. The smallest absolute Gasteiger partial charge is 0.233 e. The number of likely N-dealkylation sites (tertiary alicyclic amines) is 1. The van der Waals surface area contributed by atoms with Gasteiger partial charge in [0.25, 0.3) is 0 Å². The topological polar surface area (TPSA) is 79.5 Å². The van der Waals surface area contributed by atoms with E-state index in [9.17, 15) is 14.0 Å². The first kappa shape index (κ1) is 18.6. The lowest BCUT2D eigenvalue weighted by molar-refractivity contribution is -0.135. The van der Waals surface area contributed by atoms with E-state index >= 15 is 0 Å². The Morgan fingerprint density at radius 3 is 2.82 bits per heavy atom. The summed E-state index contributed by atoms with van der Waals surface area (Å²) in [6.45, 7) is 1.61. The molecule has 0 radical (unpaired) electrons. The van der Waals surface area contributed by atoms with Gasteiger partial charge in [0.2, 0.25) is 17.7 Å². The second-order valence-electron chi connectivity index (χ2n) is 7.64. The summed E-state index contributed by atoms with van der Waals surface area (Å²) in [5.41, 5.74) is 0.665. The maximum Gasteiger partial charge on any atom is 0.233 e. The van der Waals surface area contributed by atoms with Crippen LogP contribution in [0.3, 0.4) is 0 Å². The Morgan fingerprint density at radius 2 is 2.11 bits per heavy atom. The molecule has 1 aliphatic heterocycles. The number of rotatable bonds is 7. The highest BCUT2D eigenvalue weighted by Gasteiger charge is 2.35. The van der Waals surface area contributed by atoms with Gasteiger partial charge < -0.3 is 14.3 Å². The average molecular weight is 386 g/mol. The van der Waals surface area contributed by atoms with Crippen LogP contribution >= 0.6 is 0 Å². The van der Waals surface area contributed by atoms with Gasteiger partial charge in [-0.2, -0.15) is 4.98 Å². The molecule has 2 amide bonds. The Morgan fingerprint density at radius 1 is 1.32 bits per heavy atom. The largest absolute Gasteiger partial charge is 0.345 e. The summed E-state index contributed by atoms with van der Waals surface area (Å²) in [6, 6.07) is 6.09. The molecule has 2 fully saturated rings. The average Bonchev–Trinajstić information content (AvgIpc) is 3.37. The van der Waals surface area contributed by atoms with Crippen molar-refractivity contribution in [3.8, 4) is 0 Å². The molecule has 0 atom stereocenters. The predicted molar refractivity (Wildman–Crippen MR) is 97.8 cm³/mol. The Balaban J connectivity index is 1.23. The number of amides is 2. The molecule has 7 nitrogen and oxygen atoms in total. The van der Waals surface area contributed by atoms with Crippen molar-refractivity contribution in [3.63, 3.8) is 0 Å². The number of carbonyl (C=O) groups excluding carboxylic acids is 2. The predicted octanol–water partition coefficient (Wildman–Crippen LogP) is 1.79. The highest BCUT2D eigenvalue weighted by atomic mass is 19.1. The van der Waals surface area contributed by atoms with E-state index in [1.54, 1.807) is 29.0 Å². The molecule has 2 aromatic rings. The van der Waals surface area contributed by atoms with Crippen LogP contribution in [-0.4, -0.2) is 58.4 Å². The minimum atomic E-state index is -0.338. The van der Waals surface area contributed by atoms with Crippen molar-refractivity contribution >= 4 is 11.8 Å². The van der Waals surface area contributed by atoms with Gasteiger partial charge in [-0.1, -0.05) is 17.3 Å². The molecule has 1 aliphatic carbocycles. The Kier molecular flexibility index (Phi) is 5.11. The molecule has 1 saturated carbocycles. The summed E-state index contributed by atoms with van der Waals surface area (Å²) in [4.78, 5) is 32.1. The standard InChI is InChI=1S/C20H23FN4O3/c1-24(20(27)14-5-6-14)8-7-17-22-19(28-23-17)15-11-25(12-15)18(26)10-13-3-2-4-16(21)9-13/h2-4,9,14-15H,5-8,10-12H2,1H3. The third-order valence-corrected chi connectivity index (χ3v) is 5.29. The molecular formula is C20H23FN4O3. The fourth-order valence-electron chi connectivity index (χ4n) is 3.33. The molecule has 1 saturated heterocycles. The van der Waals surface area contributed by atoms with Gasteiger partial charge in [0.15, 0.2) is 5.82 Å². The van der Waals surface area contributed by atoms with Crippen molar-refractivity contribution in [1.82, 2.24) is 19.9 Å². The van der Waals surface area contributed by atoms with E-state index in [1.165, 1.54) is 12.1 Å². The van der Waals surface area contributed by atoms with E-state index in [1.807, 2.05) is 0 Å². The van der Waals surface area contributed by atoms with Crippen LogP contribution in [0, 0.1) is 11.7 Å². The van der Waals surface area contributed by atoms with Crippen LogP contribution in [0.1, 0.15) is 36.0 Å². The highest BCUT2D eigenvalue weighted by Crippen LogP contribution is 2.30.